The molecule has 8 heteroatoms. The number of carboxylic acids is 1. The van der Waals surface area contributed by atoms with Gasteiger partial charge in [0.1, 0.15) is 18.0 Å². The van der Waals surface area contributed by atoms with Crippen molar-refractivity contribution in [1.29, 1.82) is 0 Å². The zero-order chi connectivity index (χ0) is 20.4. The highest BCUT2D eigenvalue weighted by molar-refractivity contribution is 5.72. The number of anilines is 1. The predicted molar refractivity (Wildman–Crippen MR) is 107 cm³/mol. The van der Waals surface area contributed by atoms with Gasteiger partial charge in [-0.25, -0.2) is 9.37 Å². The van der Waals surface area contributed by atoms with Crippen LogP contribution in [0.2, 0.25) is 0 Å². The number of nitrogens with zero attached hydrogens (tertiary/aromatic N) is 2. The molecule has 0 radical (unpaired) electrons. The number of carbonyl (C=O) groups is 1. The topological polar surface area (TPSA) is 101 Å². The number of ether oxygens (including phenoxy) is 1. The van der Waals surface area contributed by atoms with Crippen molar-refractivity contribution in [3.63, 3.8) is 0 Å². The van der Waals surface area contributed by atoms with E-state index in [1.54, 1.807) is 0 Å². The summed E-state index contributed by atoms with van der Waals surface area (Å²) in [6, 6.07) is 3.32. The van der Waals surface area contributed by atoms with Gasteiger partial charge in [-0.1, -0.05) is 6.07 Å². The number of pyridine rings is 1. The molecule has 158 valence electrons. The number of unbranched alkanes of at least 4 members (excludes halogenated alkanes) is 1. The number of rotatable bonds is 13. The summed E-state index contributed by atoms with van der Waals surface area (Å²) < 4.78 is 18.8. The van der Waals surface area contributed by atoms with Crippen molar-refractivity contribution in [2.75, 3.05) is 45.2 Å². The van der Waals surface area contributed by atoms with Crippen molar-refractivity contribution < 1.29 is 19.0 Å². The lowest BCUT2D eigenvalue weighted by Gasteiger charge is -2.24. The third-order valence-corrected chi connectivity index (χ3v) is 4.99. The Kier molecular flexibility index (Phi) is 9.60. The quantitative estimate of drug-likeness (QED) is 0.438. The lowest BCUT2D eigenvalue weighted by molar-refractivity contribution is -0.138. The maximum atomic E-state index is 13.9. The molecule has 0 amide bonds. The molecule has 0 bridgehead atoms. The molecule has 1 aliphatic rings. The fourth-order valence-corrected chi connectivity index (χ4v) is 3.40. The van der Waals surface area contributed by atoms with Crippen LogP contribution in [-0.2, 0) is 22.4 Å². The van der Waals surface area contributed by atoms with Gasteiger partial charge < -0.3 is 25.8 Å². The number of aryl methyl sites for hydroxylation is 2. The molecule has 28 heavy (non-hydrogen) atoms. The van der Waals surface area contributed by atoms with Crippen LogP contribution in [-0.4, -0.2) is 73.1 Å². The minimum absolute atomic E-state index is 0.0352. The lowest BCUT2D eigenvalue weighted by Crippen LogP contribution is -2.39. The standard InChI is InChI=1S/C20H33FN4O3/c1-28-14-16(21)13-25(12-9-18(22)20(26)27)11-3-2-6-17-8-7-15-5-4-10-23-19(15)24-17/h7-8,16,18H,2-6,9-14,22H2,1H3,(H,23,24)(H,26,27)/t16-,18-/m0/s1. The SMILES string of the molecule is COC[C@@H](F)CN(CCCCc1ccc2c(n1)NCCC2)CC[C@H](N)C(=O)O. The average Bonchev–Trinajstić information content (AvgIpc) is 2.68. The van der Waals surface area contributed by atoms with E-state index in [1.807, 2.05) is 4.90 Å². The van der Waals surface area contributed by atoms with Crippen LogP contribution in [0.3, 0.4) is 0 Å². The number of methoxy groups -OCH3 is 1. The van der Waals surface area contributed by atoms with Crippen molar-refractivity contribution in [3.8, 4) is 0 Å². The second-order valence-corrected chi connectivity index (χ2v) is 7.38. The van der Waals surface area contributed by atoms with E-state index >= 15 is 0 Å². The Morgan fingerprint density at radius 1 is 1.43 bits per heavy atom. The largest absolute Gasteiger partial charge is 0.480 e. The fourth-order valence-electron chi connectivity index (χ4n) is 3.40. The summed E-state index contributed by atoms with van der Waals surface area (Å²) in [6.45, 7) is 2.38. The summed E-state index contributed by atoms with van der Waals surface area (Å²) in [7, 11) is 1.47. The molecule has 0 unspecified atom stereocenters. The smallest absolute Gasteiger partial charge is 0.320 e. The molecule has 1 aromatic rings. The molecule has 2 rings (SSSR count). The van der Waals surface area contributed by atoms with Gasteiger partial charge in [0.15, 0.2) is 0 Å². The summed E-state index contributed by atoms with van der Waals surface area (Å²) >= 11 is 0. The second-order valence-electron chi connectivity index (χ2n) is 7.38. The van der Waals surface area contributed by atoms with Gasteiger partial charge in [0, 0.05) is 32.4 Å². The van der Waals surface area contributed by atoms with Crippen LogP contribution in [0.25, 0.3) is 0 Å². The molecule has 4 N–H and O–H groups in total. The fraction of sp³-hybridized carbons (Fsp3) is 0.700. The van der Waals surface area contributed by atoms with E-state index in [1.165, 1.54) is 12.7 Å². The second kappa shape index (κ2) is 11.9. The van der Waals surface area contributed by atoms with Gasteiger partial charge >= 0.3 is 5.97 Å². The van der Waals surface area contributed by atoms with E-state index in [4.69, 9.17) is 20.6 Å². The van der Waals surface area contributed by atoms with Gasteiger partial charge in [-0.2, -0.15) is 0 Å². The van der Waals surface area contributed by atoms with Crippen molar-refractivity contribution >= 4 is 11.8 Å². The number of hydrogen-bond donors (Lipinski definition) is 3. The number of nitrogens with one attached hydrogen (secondary N) is 1. The summed E-state index contributed by atoms with van der Waals surface area (Å²) in [5.74, 6) is -0.0198. The predicted octanol–water partition coefficient (Wildman–Crippen LogP) is 1.85. The molecule has 0 saturated carbocycles. The van der Waals surface area contributed by atoms with Gasteiger partial charge in [-0.05, 0) is 56.7 Å². The van der Waals surface area contributed by atoms with Crippen molar-refractivity contribution in [2.24, 2.45) is 5.73 Å². The number of aromatic nitrogens is 1. The van der Waals surface area contributed by atoms with Crippen LogP contribution in [0.5, 0.6) is 0 Å². The Morgan fingerprint density at radius 2 is 2.25 bits per heavy atom. The normalized spacial score (nSPS) is 15.7. The first-order valence-corrected chi connectivity index (χ1v) is 10.1. The van der Waals surface area contributed by atoms with Crippen LogP contribution in [0.15, 0.2) is 12.1 Å². The van der Waals surface area contributed by atoms with E-state index in [-0.39, 0.29) is 13.2 Å². The molecule has 0 aromatic carbocycles. The zero-order valence-corrected chi connectivity index (χ0v) is 16.7. The third-order valence-electron chi connectivity index (χ3n) is 4.99. The summed E-state index contributed by atoms with van der Waals surface area (Å²) in [5, 5.41) is 12.3. The zero-order valence-electron chi connectivity index (χ0n) is 16.7. The maximum Gasteiger partial charge on any atom is 0.320 e. The van der Waals surface area contributed by atoms with E-state index in [0.29, 0.717) is 19.5 Å². The molecule has 0 saturated heterocycles. The van der Waals surface area contributed by atoms with Crippen molar-refractivity contribution in [3.05, 3.63) is 23.4 Å². The number of fused-ring (bicyclic) bond motifs is 1. The number of alkyl halides is 1. The first-order chi connectivity index (χ1) is 13.5. The molecule has 2 heterocycles. The lowest BCUT2D eigenvalue weighted by atomic mass is 10.1. The molecule has 1 aromatic heterocycles. The van der Waals surface area contributed by atoms with Crippen molar-refractivity contribution in [2.45, 2.75) is 50.7 Å². The van der Waals surface area contributed by atoms with Crippen LogP contribution in [0, 0.1) is 0 Å². The summed E-state index contributed by atoms with van der Waals surface area (Å²) in [4.78, 5) is 17.5. The molecular formula is C20H33FN4O3. The molecule has 0 aliphatic carbocycles. The minimum Gasteiger partial charge on any atom is -0.480 e. The van der Waals surface area contributed by atoms with Crippen molar-refractivity contribution in [1.82, 2.24) is 9.88 Å². The van der Waals surface area contributed by atoms with E-state index in [0.717, 1.165) is 50.2 Å². The van der Waals surface area contributed by atoms with Crippen LogP contribution in [0.1, 0.15) is 36.9 Å². The van der Waals surface area contributed by atoms with Gasteiger partial charge in [0.25, 0.3) is 0 Å². The first kappa shape index (κ1) is 22.5. The van der Waals surface area contributed by atoms with Crippen LogP contribution >= 0.6 is 0 Å². The number of halogens is 1. The van der Waals surface area contributed by atoms with E-state index in [9.17, 15) is 9.18 Å². The Hall–Kier alpha value is -1.77. The summed E-state index contributed by atoms with van der Waals surface area (Å²) in [5.41, 5.74) is 7.93. The first-order valence-electron chi connectivity index (χ1n) is 10.1. The molecule has 7 nitrogen and oxygen atoms in total. The highest BCUT2D eigenvalue weighted by atomic mass is 19.1. The van der Waals surface area contributed by atoms with E-state index < -0.39 is 18.2 Å². The monoisotopic (exact) mass is 396 g/mol. The Balaban J connectivity index is 1.78. The van der Waals surface area contributed by atoms with Gasteiger partial charge in [0.05, 0.1) is 6.61 Å². The number of hydrogen-bond acceptors (Lipinski definition) is 6. The van der Waals surface area contributed by atoms with Gasteiger partial charge in [-0.15, -0.1) is 0 Å². The minimum atomic E-state index is -1.10. The Labute approximate surface area is 166 Å². The van der Waals surface area contributed by atoms with Crippen LogP contribution in [0.4, 0.5) is 10.2 Å². The molecule has 2 atom stereocenters. The Bertz CT molecular complexity index is 617. The highest BCUT2D eigenvalue weighted by Crippen LogP contribution is 2.20. The summed E-state index contributed by atoms with van der Waals surface area (Å²) in [6.07, 6.45) is 4.12. The molecule has 0 spiro atoms. The maximum absolute atomic E-state index is 13.9. The number of carboxylic acid groups (broad SMARTS) is 1. The average molecular weight is 397 g/mol. The number of aliphatic carboxylic acids is 1. The van der Waals surface area contributed by atoms with Gasteiger partial charge in [-0.3, -0.25) is 4.79 Å². The van der Waals surface area contributed by atoms with Gasteiger partial charge in [0.2, 0.25) is 0 Å². The molecule has 0 fully saturated rings. The molecular weight excluding hydrogens is 363 g/mol. The third kappa shape index (κ3) is 7.69. The van der Waals surface area contributed by atoms with E-state index in [2.05, 4.69) is 17.4 Å². The number of nitrogens with two attached hydrogens (primary N) is 1. The Morgan fingerprint density at radius 3 is 3.00 bits per heavy atom. The molecule has 1 aliphatic heterocycles. The highest BCUT2D eigenvalue weighted by Gasteiger charge is 2.17. The van der Waals surface area contributed by atoms with Crippen LogP contribution < -0.4 is 11.1 Å².